The van der Waals surface area contributed by atoms with Crippen molar-refractivity contribution in [1.29, 1.82) is 0 Å². The first kappa shape index (κ1) is 13.9. The topological polar surface area (TPSA) is 49.8 Å². The molecule has 0 atom stereocenters. The van der Waals surface area contributed by atoms with Gasteiger partial charge in [0.05, 0.1) is 12.5 Å². The van der Waals surface area contributed by atoms with Crippen LogP contribution in [-0.2, 0) is 16.1 Å². The van der Waals surface area contributed by atoms with Gasteiger partial charge in [-0.2, -0.15) is 0 Å². The van der Waals surface area contributed by atoms with Crippen LogP contribution in [0.15, 0.2) is 24.3 Å². The maximum atomic E-state index is 11.6. The molecule has 0 amide bonds. The fraction of sp³-hybridized carbons (Fsp3) is 0.533. The molecule has 1 saturated heterocycles. The van der Waals surface area contributed by atoms with Gasteiger partial charge in [0.25, 0.3) is 0 Å². The molecule has 104 valence electrons. The summed E-state index contributed by atoms with van der Waals surface area (Å²) in [6, 6.07) is 7.33. The highest BCUT2D eigenvalue weighted by Crippen LogP contribution is 2.21. The predicted molar refractivity (Wildman–Crippen MR) is 72.7 cm³/mol. The fourth-order valence-electron chi connectivity index (χ4n) is 2.50. The third-order valence-corrected chi connectivity index (χ3v) is 3.52. The average molecular weight is 263 g/mol. The minimum atomic E-state index is -0.0560. The van der Waals surface area contributed by atoms with E-state index in [0.29, 0.717) is 12.4 Å². The summed E-state index contributed by atoms with van der Waals surface area (Å²) >= 11 is 0. The monoisotopic (exact) mass is 263 g/mol. The lowest BCUT2D eigenvalue weighted by Gasteiger charge is -2.30. The molecular formula is C15H21NO3. The van der Waals surface area contributed by atoms with Crippen LogP contribution in [0.3, 0.4) is 0 Å². The van der Waals surface area contributed by atoms with Crippen molar-refractivity contribution in [1.82, 2.24) is 4.90 Å². The summed E-state index contributed by atoms with van der Waals surface area (Å²) in [6.07, 6.45) is 1.72. The molecule has 0 bridgehead atoms. The zero-order valence-corrected chi connectivity index (χ0v) is 11.3. The van der Waals surface area contributed by atoms with Crippen molar-refractivity contribution in [2.75, 3.05) is 19.7 Å². The maximum Gasteiger partial charge on any atom is 0.309 e. The Morgan fingerprint density at radius 3 is 2.79 bits per heavy atom. The summed E-state index contributed by atoms with van der Waals surface area (Å²) in [5, 5.41) is 9.44. The van der Waals surface area contributed by atoms with Gasteiger partial charge in [-0.3, -0.25) is 9.69 Å². The second-order valence-electron chi connectivity index (χ2n) is 4.97. The summed E-state index contributed by atoms with van der Waals surface area (Å²) in [4.78, 5) is 13.9. The minimum Gasteiger partial charge on any atom is -0.508 e. The van der Waals surface area contributed by atoms with Gasteiger partial charge >= 0.3 is 5.97 Å². The highest BCUT2D eigenvalue weighted by molar-refractivity contribution is 5.72. The lowest BCUT2D eigenvalue weighted by molar-refractivity contribution is -0.149. The van der Waals surface area contributed by atoms with Gasteiger partial charge in [0.15, 0.2) is 0 Å². The first-order valence-corrected chi connectivity index (χ1v) is 6.86. The van der Waals surface area contributed by atoms with Gasteiger partial charge in [-0.15, -0.1) is 0 Å². The molecule has 0 aromatic heterocycles. The number of piperidine rings is 1. The Balaban J connectivity index is 1.82. The highest BCUT2D eigenvalue weighted by atomic mass is 16.5. The van der Waals surface area contributed by atoms with Gasteiger partial charge in [-0.25, -0.2) is 0 Å². The van der Waals surface area contributed by atoms with Gasteiger partial charge in [-0.1, -0.05) is 12.1 Å². The summed E-state index contributed by atoms with van der Waals surface area (Å²) in [5.41, 5.74) is 1.11. The Morgan fingerprint density at radius 1 is 1.42 bits per heavy atom. The molecule has 0 radical (unpaired) electrons. The molecule has 1 aliphatic heterocycles. The molecule has 0 spiro atoms. The molecule has 4 nitrogen and oxygen atoms in total. The van der Waals surface area contributed by atoms with Gasteiger partial charge in [0, 0.05) is 6.54 Å². The number of esters is 1. The molecule has 2 rings (SSSR count). The van der Waals surface area contributed by atoms with Crippen molar-refractivity contribution in [3.05, 3.63) is 29.8 Å². The lowest BCUT2D eigenvalue weighted by atomic mass is 9.96. The number of likely N-dealkylation sites (tertiary alicyclic amines) is 1. The molecule has 1 fully saturated rings. The zero-order valence-electron chi connectivity index (χ0n) is 11.3. The minimum absolute atomic E-state index is 0.0559. The molecule has 1 aromatic rings. The quantitative estimate of drug-likeness (QED) is 0.846. The van der Waals surface area contributed by atoms with Crippen molar-refractivity contribution >= 4 is 5.97 Å². The summed E-state index contributed by atoms with van der Waals surface area (Å²) < 4.78 is 5.06. The SMILES string of the molecule is CCOC(=O)C1CCN(Cc2cccc(O)c2)CC1. The Kier molecular flexibility index (Phi) is 4.80. The Labute approximate surface area is 114 Å². The number of nitrogens with zero attached hydrogens (tertiary/aromatic N) is 1. The molecule has 1 aliphatic rings. The Bertz CT molecular complexity index is 425. The smallest absolute Gasteiger partial charge is 0.309 e. The number of hydrogen-bond donors (Lipinski definition) is 1. The van der Waals surface area contributed by atoms with E-state index in [4.69, 9.17) is 4.74 Å². The number of ether oxygens (including phenoxy) is 1. The number of phenolic OH excluding ortho intramolecular Hbond substituents is 1. The molecule has 0 unspecified atom stereocenters. The first-order valence-electron chi connectivity index (χ1n) is 6.86. The maximum absolute atomic E-state index is 11.6. The van der Waals surface area contributed by atoms with E-state index >= 15 is 0 Å². The summed E-state index contributed by atoms with van der Waals surface area (Å²) in [5.74, 6) is 0.304. The highest BCUT2D eigenvalue weighted by Gasteiger charge is 2.25. The number of rotatable bonds is 4. The van der Waals surface area contributed by atoms with Crippen LogP contribution >= 0.6 is 0 Å². The second-order valence-corrected chi connectivity index (χ2v) is 4.97. The lowest BCUT2D eigenvalue weighted by Crippen LogP contribution is -2.36. The largest absolute Gasteiger partial charge is 0.508 e. The molecule has 1 aromatic carbocycles. The third kappa shape index (κ3) is 3.96. The molecule has 19 heavy (non-hydrogen) atoms. The second kappa shape index (κ2) is 6.57. The van der Waals surface area contributed by atoms with Crippen LogP contribution in [0.2, 0.25) is 0 Å². The van der Waals surface area contributed by atoms with Gasteiger partial charge < -0.3 is 9.84 Å². The third-order valence-electron chi connectivity index (χ3n) is 3.52. The number of phenols is 1. The normalized spacial score (nSPS) is 17.3. The van der Waals surface area contributed by atoms with E-state index in [2.05, 4.69) is 4.90 Å². The number of carbonyl (C=O) groups excluding carboxylic acids is 1. The summed E-state index contributed by atoms with van der Waals surface area (Å²) in [6.45, 7) is 4.93. The van der Waals surface area contributed by atoms with Crippen LogP contribution in [0.25, 0.3) is 0 Å². The molecule has 1 N–H and O–H groups in total. The number of aromatic hydroxyl groups is 1. The van der Waals surface area contributed by atoms with Crippen LogP contribution in [0.5, 0.6) is 5.75 Å². The van der Waals surface area contributed by atoms with Crippen molar-refractivity contribution in [3.8, 4) is 5.75 Å². The van der Waals surface area contributed by atoms with Crippen LogP contribution < -0.4 is 0 Å². The Morgan fingerprint density at radius 2 is 2.16 bits per heavy atom. The van der Waals surface area contributed by atoms with E-state index in [0.717, 1.165) is 38.0 Å². The van der Waals surface area contributed by atoms with Gasteiger partial charge in [0.1, 0.15) is 5.75 Å². The molecule has 0 aliphatic carbocycles. The van der Waals surface area contributed by atoms with Gasteiger partial charge in [-0.05, 0) is 50.6 Å². The van der Waals surface area contributed by atoms with E-state index in [1.807, 2.05) is 19.1 Å². The van der Waals surface area contributed by atoms with Crippen LogP contribution in [0.1, 0.15) is 25.3 Å². The fourth-order valence-corrected chi connectivity index (χ4v) is 2.50. The zero-order chi connectivity index (χ0) is 13.7. The van der Waals surface area contributed by atoms with Crippen molar-refractivity contribution < 1.29 is 14.6 Å². The summed E-state index contributed by atoms with van der Waals surface area (Å²) in [7, 11) is 0. The molecule has 4 heteroatoms. The average Bonchev–Trinajstić information content (AvgIpc) is 2.40. The predicted octanol–water partition coefficient (Wildman–Crippen LogP) is 2.17. The molecule has 1 heterocycles. The number of hydrogen-bond acceptors (Lipinski definition) is 4. The van der Waals surface area contributed by atoms with E-state index in [-0.39, 0.29) is 11.9 Å². The number of benzene rings is 1. The van der Waals surface area contributed by atoms with Crippen molar-refractivity contribution in [2.45, 2.75) is 26.3 Å². The van der Waals surface area contributed by atoms with Crippen molar-refractivity contribution in [2.24, 2.45) is 5.92 Å². The standard InChI is InChI=1S/C15H21NO3/c1-2-19-15(18)13-6-8-16(9-7-13)11-12-4-3-5-14(17)10-12/h3-5,10,13,17H,2,6-9,11H2,1H3. The molecular weight excluding hydrogens is 242 g/mol. The van der Waals surface area contributed by atoms with Crippen LogP contribution in [-0.4, -0.2) is 35.7 Å². The van der Waals surface area contributed by atoms with E-state index < -0.39 is 0 Å². The first-order chi connectivity index (χ1) is 9.19. The van der Waals surface area contributed by atoms with E-state index in [1.54, 1.807) is 12.1 Å². The molecule has 0 saturated carbocycles. The van der Waals surface area contributed by atoms with Gasteiger partial charge in [0.2, 0.25) is 0 Å². The van der Waals surface area contributed by atoms with E-state index in [9.17, 15) is 9.90 Å². The van der Waals surface area contributed by atoms with Crippen LogP contribution in [0, 0.1) is 5.92 Å². The number of carbonyl (C=O) groups is 1. The Hall–Kier alpha value is -1.55. The van der Waals surface area contributed by atoms with E-state index in [1.165, 1.54) is 0 Å². The van der Waals surface area contributed by atoms with Crippen LogP contribution in [0.4, 0.5) is 0 Å². The van der Waals surface area contributed by atoms with Crippen molar-refractivity contribution in [3.63, 3.8) is 0 Å².